The number of carbonyl (C=O) groups excluding carboxylic acids is 1. The molecule has 1 N–H and O–H groups in total. The van der Waals surface area contributed by atoms with Crippen LogP contribution in [0.25, 0.3) is 5.69 Å². The molecule has 1 aromatic heterocycles. The van der Waals surface area contributed by atoms with Crippen molar-refractivity contribution in [1.82, 2.24) is 20.0 Å². The number of nitrogens with one attached hydrogen (secondary N) is 1. The standard InChI is InChI=1S/C24H27FN4O/c1-17-23(18(2)29(27-17)22-12-10-20(25)11-13-22)24(30)26-21-9-6-14-28(16-21)15-19-7-4-3-5-8-19/h3-5,7-8,10-13,21H,6,9,14-16H2,1-2H3,(H,26,30). The third kappa shape index (κ3) is 4.44. The molecule has 1 saturated heterocycles. The summed E-state index contributed by atoms with van der Waals surface area (Å²) in [6.45, 7) is 6.49. The van der Waals surface area contributed by atoms with E-state index in [0.717, 1.165) is 43.9 Å². The molecule has 1 amide bonds. The van der Waals surface area contributed by atoms with Crippen molar-refractivity contribution < 1.29 is 9.18 Å². The summed E-state index contributed by atoms with van der Waals surface area (Å²) in [6.07, 6.45) is 2.03. The zero-order chi connectivity index (χ0) is 21.1. The number of hydrogen-bond acceptors (Lipinski definition) is 3. The van der Waals surface area contributed by atoms with Gasteiger partial charge in [-0.15, -0.1) is 0 Å². The molecule has 4 rings (SSSR count). The van der Waals surface area contributed by atoms with E-state index in [4.69, 9.17) is 0 Å². The fraction of sp³-hybridized carbons (Fsp3) is 0.333. The van der Waals surface area contributed by atoms with Gasteiger partial charge in [-0.05, 0) is 63.1 Å². The van der Waals surface area contributed by atoms with Crippen LogP contribution in [0, 0.1) is 19.7 Å². The zero-order valence-electron chi connectivity index (χ0n) is 17.4. The second-order valence-electron chi connectivity index (χ2n) is 7.97. The third-order valence-corrected chi connectivity index (χ3v) is 5.68. The summed E-state index contributed by atoms with van der Waals surface area (Å²) in [4.78, 5) is 15.5. The second-order valence-corrected chi connectivity index (χ2v) is 7.97. The maximum absolute atomic E-state index is 13.2. The van der Waals surface area contributed by atoms with Gasteiger partial charge in [-0.2, -0.15) is 5.10 Å². The SMILES string of the molecule is Cc1nn(-c2ccc(F)cc2)c(C)c1C(=O)NC1CCCN(Cc2ccccc2)C1. The van der Waals surface area contributed by atoms with E-state index in [2.05, 4.69) is 39.6 Å². The van der Waals surface area contributed by atoms with Crippen LogP contribution in [0.4, 0.5) is 4.39 Å². The van der Waals surface area contributed by atoms with E-state index in [0.29, 0.717) is 11.3 Å². The summed E-state index contributed by atoms with van der Waals surface area (Å²) in [7, 11) is 0. The minimum Gasteiger partial charge on any atom is -0.348 e. The number of likely N-dealkylation sites (tertiary alicyclic amines) is 1. The minimum atomic E-state index is -0.296. The Hall–Kier alpha value is -2.99. The molecule has 5 nitrogen and oxygen atoms in total. The fourth-order valence-electron chi connectivity index (χ4n) is 4.22. The predicted octanol–water partition coefficient (Wildman–Crippen LogP) is 4.02. The highest BCUT2D eigenvalue weighted by Gasteiger charge is 2.25. The lowest BCUT2D eigenvalue weighted by atomic mass is 10.0. The molecule has 1 unspecified atom stereocenters. The van der Waals surface area contributed by atoms with Crippen molar-refractivity contribution in [3.05, 3.63) is 82.9 Å². The first kappa shape index (κ1) is 20.3. The Morgan fingerprint density at radius 3 is 2.60 bits per heavy atom. The van der Waals surface area contributed by atoms with Gasteiger partial charge in [0.2, 0.25) is 0 Å². The molecular formula is C24H27FN4O. The highest BCUT2D eigenvalue weighted by molar-refractivity contribution is 5.96. The number of rotatable bonds is 5. The Balaban J connectivity index is 1.45. The number of aryl methyl sites for hydroxylation is 1. The van der Waals surface area contributed by atoms with Gasteiger partial charge in [-0.25, -0.2) is 9.07 Å². The Morgan fingerprint density at radius 2 is 1.87 bits per heavy atom. The summed E-state index contributed by atoms with van der Waals surface area (Å²) in [5.41, 5.74) is 4.05. The second kappa shape index (κ2) is 8.79. The van der Waals surface area contributed by atoms with Crippen LogP contribution in [0.2, 0.25) is 0 Å². The van der Waals surface area contributed by atoms with Crippen molar-refractivity contribution in [2.45, 2.75) is 39.3 Å². The van der Waals surface area contributed by atoms with Crippen LogP contribution in [-0.2, 0) is 6.54 Å². The van der Waals surface area contributed by atoms with Crippen LogP contribution in [0.3, 0.4) is 0 Å². The summed E-state index contributed by atoms with van der Waals surface area (Å²) in [5.74, 6) is -0.388. The maximum atomic E-state index is 13.2. The number of carbonyl (C=O) groups is 1. The number of nitrogens with zero attached hydrogens (tertiary/aromatic N) is 3. The average molecular weight is 407 g/mol. The van der Waals surface area contributed by atoms with Gasteiger partial charge in [0.05, 0.1) is 22.6 Å². The molecule has 1 aliphatic rings. The summed E-state index contributed by atoms with van der Waals surface area (Å²) < 4.78 is 14.9. The molecule has 0 radical (unpaired) electrons. The van der Waals surface area contributed by atoms with Gasteiger partial charge < -0.3 is 5.32 Å². The summed E-state index contributed by atoms with van der Waals surface area (Å²) in [5, 5.41) is 7.73. The first-order valence-corrected chi connectivity index (χ1v) is 10.4. The quantitative estimate of drug-likeness (QED) is 0.696. The van der Waals surface area contributed by atoms with Crippen molar-refractivity contribution in [3.63, 3.8) is 0 Å². The van der Waals surface area contributed by atoms with E-state index in [1.54, 1.807) is 16.8 Å². The normalized spacial score (nSPS) is 17.1. The van der Waals surface area contributed by atoms with E-state index in [-0.39, 0.29) is 17.8 Å². The third-order valence-electron chi connectivity index (χ3n) is 5.68. The van der Waals surface area contributed by atoms with Crippen LogP contribution < -0.4 is 5.32 Å². The van der Waals surface area contributed by atoms with Crippen molar-refractivity contribution in [3.8, 4) is 5.69 Å². The lowest BCUT2D eigenvalue weighted by Gasteiger charge is -2.33. The number of hydrogen-bond donors (Lipinski definition) is 1. The summed E-state index contributed by atoms with van der Waals surface area (Å²) >= 11 is 0. The molecule has 0 bridgehead atoms. The van der Waals surface area contributed by atoms with Crippen LogP contribution in [-0.4, -0.2) is 39.7 Å². The van der Waals surface area contributed by atoms with Gasteiger partial charge in [0.1, 0.15) is 5.82 Å². The smallest absolute Gasteiger partial charge is 0.255 e. The van der Waals surface area contributed by atoms with Crippen molar-refractivity contribution >= 4 is 5.91 Å². The number of halogens is 1. The summed E-state index contributed by atoms with van der Waals surface area (Å²) in [6, 6.07) is 16.7. The van der Waals surface area contributed by atoms with Crippen molar-refractivity contribution in [2.24, 2.45) is 0 Å². The molecule has 1 fully saturated rings. The van der Waals surface area contributed by atoms with Crippen LogP contribution >= 0.6 is 0 Å². The van der Waals surface area contributed by atoms with Crippen LogP contribution in [0.5, 0.6) is 0 Å². The fourth-order valence-corrected chi connectivity index (χ4v) is 4.22. The molecule has 30 heavy (non-hydrogen) atoms. The van der Waals surface area contributed by atoms with E-state index in [9.17, 15) is 9.18 Å². The van der Waals surface area contributed by atoms with Gasteiger partial charge in [0, 0.05) is 19.1 Å². The Labute approximate surface area is 176 Å². The zero-order valence-corrected chi connectivity index (χ0v) is 17.4. The van der Waals surface area contributed by atoms with E-state index in [1.165, 1.54) is 17.7 Å². The number of benzene rings is 2. The number of aromatic nitrogens is 2. The average Bonchev–Trinajstić information content (AvgIpc) is 3.03. The Bertz CT molecular complexity index is 1010. The highest BCUT2D eigenvalue weighted by Crippen LogP contribution is 2.20. The molecule has 156 valence electrons. The van der Waals surface area contributed by atoms with E-state index >= 15 is 0 Å². The monoisotopic (exact) mass is 406 g/mol. The van der Waals surface area contributed by atoms with Gasteiger partial charge in [0.15, 0.2) is 0 Å². The van der Waals surface area contributed by atoms with E-state index < -0.39 is 0 Å². The molecule has 1 atom stereocenters. The highest BCUT2D eigenvalue weighted by atomic mass is 19.1. The van der Waals surface area contributed by atoms with E-state index in [1.807, 2.05) is 19.9 Å². The lowest BCUT2D eigenvalue weighted by Crippen LogP contribution is -2.47. The van der Waals surface area contributed by atoms with Crippen LogP contribution in [0.1, 0.15) is 40.2 Å². The maximum Gasteiger partial charge on any atom is 0.255 e. The lowest BCUT2D eigenvalue weighted by molar-refractivity contribution is 0.0899. The topological polar surface area (TPSA) is 50.2 Å². The predicted molar refractivity (Wildman–Crippen MR) is 115 cm³/mol. The molecule has 2 heterocycles. The number of piperidine rings is 1. The number of amides is 1. The molecular weight excluding hydrogens is 379 g/mol. The van der Waals surface area contributed by atoms with Crippen molar-refractivity contribution in [1.29, 1.82) is 0 Å². The van der Waals surface area contributed by atoms with Gasteiger partial charge in [-0.1, -0.05) is 30.3 Å². The molecule has 0 spiro atoms. The molecule has 6 heteroatoms. The first-order valence-electron chi connectivity index (χ1n) is 10.4. The molecule has 2 aromatic carbocycles. The van der Waals surface area contributed by atoms with Gasteiger partial charge in [0.25, 0.3) is 5.91 Å². The Kier molecular flexibility index (Phi) is 5.95. The molecule has 0 aliphatic carbocycles. The van der Waals surface area contributed by atoms with Crippen molar-refractivity contribution in [2.75, 3.05) is 13.1 Å². The van der Waals surface area contributed by atoms with Crippen LogP contribution in [0.15, 0.2) is 54.6 Å². The molecule has 3 aromatic rings. The Morgan fingerprint density at radius 1 is 1.13 bits per heavy atom. The minimum absolute atomic E-state index is 0.0927. The molecule has 0 saturated carbocycles. The van der Waals surface area contributed by atoms with Gasteiger partial charge >= 0.3 is 0 Å². The van der Waals surface area contributed by atoms with Gasteiger partial charge in [-0.3, -0.25) is 9.69 Å². The first-order chi connectivity index (χ1) is 14.5. The molecule has 1 aliphatic heterocycles. The largest absolute Gasteiger partial charge is 0.348 e.